The van der Waals surface area contributed by atoms with Crippen molar-refractivity contribution in [3.05, 3.63) is 0 Å². The van der Waals surface area contributed by atoms with E-state index in [0.29, 0.717) is 12.1 Å². The smallest absolute Gasteiger partial charge is 0.166 e. The van der Waals surface area contributed by atoms with Crippen LogP contribution in [0.15, 0.2) is 0 Å². The van der Waals surface area contributed by atoms with Crippen molar-refractivity contribution < 1.29 is 0 Å². The van der Waals surface area contributed by atoms with E-state index in [1.807, 2.05) is 0 Å². The number of hydrogen-bond donors (Lipinski definition) is 2. The van der Waals surface area contributed by atoms with Gasteiger partial charge in [-0.2, -0.15) is 0 Å². The van der Waals surface area contributed by atoms with E-state index in [1.165, 1.54) is 12.8 Å². The third-order valence-electron chi connectivity index (χ3n) is 1.88. The van der Waals surface area contributed by atoms with Crippen LogP contribution in [0.2, 0.25) is 0 Å². The third-order valence-corrected chi connectivity index (χ3v) is 2.11. The van der Waals surface area contributed by atoms with E-state index in [2.05, 4.69) is 24.5 Å². The molecule has 1 aliphatic heterocycles. The number of hydrogen-bond acceptors (Lipinski definition) is 1. The zero-order valence-electron chi connectivity index (χ0n) is 6.48. The highest BCUT2D eigenvalue weighted by atomic mass is 32.1. The molecule has 0 bridgehead atoms. The van der Waals surface area contributed by atoms with Crippen LogP contribution in [0.25, 0.3) is 0 Å². The normalized spacial score (nSPS) is 31.6. The molecule has 3 heteroatoms. The van der Waals surface area contributed by atoms with Gasteiger partial charge in [-0.3, -0.25) is 0 Å². The molecule has 1 heterocycles. The second kappa shape index (κ2) is 3.19. The highest BCUT2D eigenvalue weighted by Gasteiger charge is 2.23. The fourth-order valence-corrected chi connectivity index (χ4v) is 1.61. The Labute approximate surface area is 67.4 Å². The zero-order valence-corrected chi connectivity index (χ0v) is 7.29. The van der Waals surface area contributed by atoms with Crippen LogP contribution in [-0.4, -0.2) is 17.2 Å². The van der Waals surface area contributed by atoms with Gasteiger partial charge < -0.3 is 10.6 Å². The number of thiocarbonyl (C=S) groups is 1. The van der Waals surface area contributed by atoms with Gasteiger partial charge in [-0.1, -0.05) is 13.3 Å². The van der Waals surface area contributed by atoms with Gasteiger partial charge in [0.1, 0.15) is 0 Å². The standard InChI is InChI=1S/C7H14N2S/c1-3-4-6-5(2)8-7(10)9-6/h5-6H,3-4H2,1-2H3,(H2,8,9,10)/t5-,6+/m0/s1. The van der Waals surface area contributed by atoms with Crippen LogP contribution in [-0.2, 0) is 0 Å². The lowest BCUT2D eigenvalue weighted by Gasteiger charge is -2.12. The molecule has 1 fully saturated rings. The average Bonchev–Trinajstić information content (AvgIpc) is 2.13. The second-order valence-corrected chi connectivity index (χ2v) is 3.21. The first-order valence-corrected chi connectivity index (χ1v) is 4.22. The van der Waals surface area contributed by atoms with Crippen LogP contribution < -0.4 is 10.6 Å². The summed E-state index contributed by atoms with van der Waals surface area (Å²) in [5.41, 5.74) is 0. The Morgan fingerprint density at radius 3 is 2.60 bits per heavy atom. The van der Waals surface area contributed by atoms with E-state index < -0.39 is 0 Å². The molecule has 58 valence electrons. The Morgan fingerprint density at radius 2 is 2.20 bits per heavy atom. The molecule has 10 heavy (non-hydrogen) atoms. The van der Waals surface area contributed by atoms with E-state index in [9.17, 15) is 0 Å². The molecule has 0 aromatic heterocycles. The highest BCUT2D eigenvalue weighted by Crippen LogP contribution is 2.06. The molecule has 2 nitrogen and oxygen atoms in total. The van der Waals surface area contributed by atoms with Crippen LogP contribution in [0.4, 0.5) is 0 Å². The van der Waals surface area contributed by atoms with Gasteiger partial charge in [0.05, 0.1) is 0 Å². The maximum atomic E-state index is 4.97. The minimum absolute atomic E-state index is 0.507. The van der Waals surface area contributed by atoms with E-state index in [-0.39, 0.29) is 0 Å². The van der Waals surface area contributed by atoms with Gasteiger partial charge in [0, 0.05) is 12.1 Å². The minimum Gasteiger partial charge on any atom is -0.358 e. The Balaban J connectivity index is 2.38. The molecule has 0 aliphatic carbocycles. The van der Waals surface area contributed by atoms with Gasteiger partial charge in [0.2, 0.25) is 0 Å². The van der Waals surface area contributed by atoms with Crippen LogP contribution in [0.1, 0.15) is 26.7 Å². The summed E-state index contributed by atoms with van der Waals surface area (Å²) < 4.78 is 0. The summed E-state index contributed by atoms with van der Waals surface area (Å²) in [6.07, 6.45) is 2.42. The van der Waals surface area contributed by atoms with Crippen molar-refractivity contribution in [2.24, 2.45) is 0 Å². The summed E-state index contributed by atoms with van der Waals surface area (Å²) in [4.78, 5) is 0. The lowest BCUT2D eigenvalue weighted by molar-refractivity contribution is 0.502. The molecule has 0 spiro atoms. The molecule has 0 radical (unpaired) electrons. The zero-order chi connectivity index (χ0) is 7.56. The third kappa shape index (κ3) is 1.59. The largest absolute Gasteiger partial charge is 0.358 e. The van der Waals surface area contributed by atoms with Crippen molar-refractivity contribution in [2.75, 3.05) is 0 Å². The molecule has 2 N–H and O–H groups in total. The molecule has 1 aliphatic rings. The van der Waals surface area contributed by atoms with Crippen molar-refractivity contribution in [3.63, 3.8) is 0 Å². The van der Waals surface area contributed by atoms with Crippen molar-refractivity contribution in [3.8, 4) is 0 Å². The van der Waals surface area contributed by atoms with Crippen molar-refractivity contribution >= 4 is 17.3 Å². The monoisotopic (exact) mass is 158 g/mol. The number of nitrogens with one attached hydrogen (secondary N) is 2. The molecule has 0 aromatic rings. The summed E-state index contributed by atoms with van der Waals surface area (Å²) in [5, 5.41) is 7.21. The Kier molecular flexibility index (Phi) is 2.49. The Bertz CT molecular complexity index is 136. The predicted molar refractivity (Wildman–Crippen MR) is 47.0 cm³/mol. The number of rotatable bonds is 2. The fourth-order valence-electron chi connectivity index (χ4n) is 1.28. The van der Waals surface area contributed by atoms with Gasteiger partial charge >= 0.3 is 0 Å². The molecular weight excluding hydrogens is 144 g/mol. The lowest BCUT2D eigenvalue weighted by atomic mass is 10.1. The Morgan fingerprint density at radius 1 is 1.50 bits per heavy atom. The molecular formula is C7H14N2S. The Hall–Kier alpha value is -0.310. The molecule has 0 aromatic carbocycles. The van der Waals surface area contributed by atoms with E-state index in [1.54, 1.807) is 0 Å². The van der Waals surface area contributed by atoms with Gasteiger partial charge in [-0.25, -0.2) is 0 Å². The summed E-state index contributed by atoms with van der Waals surface area (Å²) in [7, 11) is 0. The predicted octanol–water partition coefficient (Wildman–Crippen LogP) is 1.02. The molecule has 2 atom stereocenters. The van der Waals surface area contributed by atoms with E-state index in [4.69, 9.17) is 12.2 Å². The maximum Gasteiger partial charge on any atom is 0.166 e. The first-order chi connectivity index (χ1) is 4.74. The van der Waals surface area contributed by atoms with Gasteiger partial charge in [0.15, 0.2) is 5.11 Å². The first-order valence-electron chi connectivity index (χ1n) is 3.81. The average molecular weight is 158 g/mol. The van der Waals surface area contributed by atoms with Crippen LogP contribution in [0, 0.1) is 0 Å². The quantitative estimate of drug-likeness (QED) is 0.587. The summed E-state index contributed by atoms with van der Waals surface area (Å²) in [6.45, 7) is 4.35. The molecule has 0 unspecified atom stereocenters. The summed E-state index contributed by atoms with van der Waals surface area (Å²) in [6, 6.07) is 1.06. The molecule has 1 saturated heterocycles. The highest BCUT2D eigenvalue weighted by molar-refractivity contribution is 7.80. The topological polar surface area (TPSA) is 24.1 Å². The van der Waals surface area contributed by atoms with Gasteiger partial charge in [-0.05, 0) is 25.6 Å². The van der Waals surface area contributed by atoms with Crippen molar-refractivity contribution in [1.82, 2.24) is 10.6 Å². The lowest BCUT2D eigenvalue weighted by Crippen LogP contribution is -2.30. The van der Waals surface area contributed by atoms with Gasteiger partial charge in [-0.15, -0.1) is 0 Å². The van der Waals surface area contributed by atoms with E-state index in [0.717, 1.165) is 5.11 Å². The molecule has 1 rings (SSSR count). The molecule has 0 saturated carbocycles. The minimum atomic E-state index is 0.507. The van der Waals surface area contributed by atoms with Crippen LogP contribution in [0.5, 0.6) is 0 Å². The van der Waals surface area contributed by atoms with Crippen molar-refractivity contribution in [1.29, 1.82) is 0 Å². The van der Waals surface area contributed by atoms with Crippen LogP contribution in [0.3, 0.4) is 0 Å². The first kappa shape index (κ1) is 7.79. The van der Waals surface area contributed by atoms with Gasteiger partial charge in [0.25, 0.3) is 0 Å². The summed E-state index contributed by atoms with van der Waals surface area (Å²) in [5.74, 6) is 0. The fraction of sp³-hybridized carbons (Fsp3) is 0.857. The van der Waals surface area contributed by atoms with E-state index >= 15 is 0 Å². The van der Waals surface area contributed by atoms with Crippen molar-refractivity contribution in [2.45, 2.75) is 38.8 Å². The second-order valence-electron chi connectivity index (χ2n) is 2.80. The summed E-state index contributed by atoms with van der Waals surface area (Å²) >= 11 is 4.97. The SMILES string of the molecule is CCC[C@H]1NC(=S)N[C@H]1C. The maximum absolute atomic E-state index is 4.97. The van der Waals surface area contributed by atoms with Crippen LogP contribution >= 0.6 is 12.2 Å². The molecule has 0 amide bonds.